The van der Waals surface area contributed by atoms with Crippen LogP contribution in [-0.2, 0) is 0 Å². The van der Waals surface area contributed by atoms with Crippen molar-refractivity contribution in [2.45, 2.75) is 0 Å². The number of nitrogens with zero attached hydrogens (tertiary/aromatic N) is 1. The first kappa shape index (κ1) is 18.8. The summed E-state index contributed by atoms with van der Waals surface area (Å²) in [6.07, 6.45) is 0. The molecule has 0 radical (unpaired) electrons. The normalized spacial score (nSPS) is 8.95. The smallest absolute Gasteiger partial charge is 0.193 e. The summed E-state index contributed by atoms with van der Waals surface area (Å²) in [5.74, 6) is -0.0890. The van der Waals surface area contributed by atoms with Crippen molar-refractivity contribution >= 4 is 47.9 Å². The first-order valence-corrected chi connectivity index (χ1v) is 5.66. The molecule has 5 nitrogen and oxygen atoms in total. The molecule has 0 atom stereocenters. The van der Waals surface area contributed by atoms with E-state index in [1.807, 2.05) is 0 Å². The number of rotatable bonds is 3. The Morgan fingerprint density at radius 3 is 1.67 bits per heavy atom. The van der Waals surface area contributed by atoms with Crippen molar-refractivity contribution in [1.82, 2.24) is 0 Å². The number of nitrogen functional groups attached to an aromatic ring is 1. The number of anilines is 1. The maximum Gasteiger partial charge on any atom is 0.193 e. The molecule has 0 aromatic heterocycles. The molecule has 0 fully saturated rings. The van der Waals surface area contributed by atoms with Gasteiger partial charge in [-0.1, -0.05) is 0 Å². The van der Waals surface area contributed by atoms with E-state index in [1.165, 1.54) is 0 Å². The Labute approximate surface area is 135 Å². The summed E-state index contributed by atoms with van der Waals surface area (Å²) in [6, 6.07) is 13.5. The lowest BCUT2D eigenvalue weighted by atomic mass is 10.0. The van der Waals surface area contributed by atoms with Crippen molar-refractivity contribution < 1.29 is 4.79 Å². The molecule has 0 saturated heterocycles. The monoisotopic (exact) mass is 326 g/mol. The Kier molecular flexibility index (Phi) is 7.27. The third-order valence-corrected chi connectivity index (χ3v) is 2.56. The molecule has 21 heavy (non-hydrogen) atoms. The molecule has 0 amide bonds. The van der Waals surface area contributed by atoms with E-state index in [0.29, 0.717) is 22.5 Å². The molecule has 2 aromatic carbocycles. The quantitative estimate of drug-likeness (QED) is 0.348. The SMILES string of the molecule is Cl.Cl.NC(N)=Nc1ccc(C(=O)c2ccc(N)cc2)cc1. The second-order valence-corrected chi connectivity index (χ2v) is 4.03. The lowest BCUT2D eigenvalue weighted by Gasteiger charge is -2.02. The second-order valence-electron chi connectivity index (χ2n) is 4.03. The van der Waals surface area contributed by atoms with Crippen LogP contribution < -0.4 is 17.2 Å². The first-order valence-electron chi connectivity index (χ1n) is 5.66. The molecule has 0 saturated carbocycles. The number of ketones is 1. The Hall–Kier alpha value is -2.24. The van der Waals surface area contributed by atoms with Crippen molar-refractivity contribution in [2.75, 3.05) is 5.73 Å². The number of halogens is 2. The first-order chi connectivity index (χ1) is 9.06. The van der Waals surface area contributed by atoms with Crippen molar-refractivity contribution in [3.8, 4) is 0 Å². The average molecular weight is 327 g/mol. The maximum absolute atomic E-state index is 12.2. The van der Waals surface area contributed by atoms with Crippen LogP contribution >= 0.6 is 24.8 Å². The molecule has 6 N–H and O–H groups in total. The van der Waals surface area contributed by atoms with E-state index in [4.69, 9.17) is 17.2 Å². The van der Waals surface area contributed by atoms with E-state index in [2.05, 4.69) is 4.99 Å². The zero-order valence-corrected chi connectivity index (χ0v) is 12.7. The number of hydrogen-bond acceptors (Lipinski definition) is 3. The average Bonchev–Trinajstić information content (AvgIpc) is 2.39. The van der Waals surface area contributed by atoms with Crippen molar-refractivity contribution in [3.63, 3.8) is 0 Å². The predicted molar refractivity (Wildman–Crippen MR) is 90.7 cm³/mol. The van der Waals surface area contributed by atoms with Crippen LogP contribution in [0.4, 0.5) is 11.4 Å². The fraction of sp³-hybridized carbons (Fsp3) is 0. The van der Waals surface area contributed by atoms with Crippen LogP contribution in [0.15, 0.2) is 53.5 Å². The summed E-state index contributed by atoms with van der Waals surface area (Å²) >= 11 is 0. The molecular formula is C14H16Cl2N4O. The molecule has 0 aliphatic heterocycles. The fourth-order valence-electron chi connectivity index (χ4n) is 1.64. The summed E-state index contributed by atoms with van der Waals surface area (Å²) in [4.78, 5) is 16.1. The van der Waals surface area contributed by atoms with Crippen LogP contribution in [0.2, 0.25) is 0 Å². The van der Waals surface area contributed by atoms with Gasteiger partial charge in [0.05, 0.1) is 5.69 Å². The summed E-state index contributed by atoms with van der Waals surface area (Å²) in [5, 5.41) is 0. The minimum Gasteiger partial charge on any atom is -0.399 e. The van der Waals surface area contributed by atoms with E-state index < -0.39 is 0 Å². The second kappa shape index (κ2) is 8.14. The molecule has 2 aromatic rings. The lowest BCUT2D eigenvalue weighted by Crippen LogP contribution is -2.21. The van der Waals surface area contributed by atoms with Crippen LogP contribution in [0.5, 0.6) is 0 Å². The number of guanidine groups is 1. The Morgan fingerprint density at radius 1 is 0.810 bits per heavy atom. The van der Waals surface area contributed by atoms with Gasteiger partial charge in [-0.3, -0.25) is 4.79 Å². The number of hydrogen-bond donors (Lipinski definition) is 3. The van der Waals surface area contributed by atoms with Crippen molar-refractivity contribution in [2.24, 2.45) is 16.5 Å². The highest BCUT2D eigenvalue weighted by Crippen LogP contribution is 2.16. The van der Waals surface area contributed by atoms with Gasteiger partial charge in [0.25, 0.3) is 0 Å². The van der Waals surface area contributed by atoms with Gasteiger partial charge >= 0.3 is 0 Å². The highest BCUT2D eigenvalue weighted by Gasteiger charge is 2.08. The van der Waals surface area contributed by atoms with Crippen LogP contribution in [0.1, 0.15) is 15.9 Å². The molecule has 2 rings (SSSR count). The largest absolute Gasteiger partial charge is 0.399 e. The Balaban J connectivity index is 0.00000200. The van der Waals surface area contributed by atoms with Crippen LogP contribution in [0.25, 0.3) is 0 Å². The van der Waals surface area contributed by atoms with Gasteiger partial charge in [-0.05, 0) is 48.5 Å². The van der Waals surface area contributed by atoms with Gasteiger partial charge in [0.1, 0.15) is 0 Å². The molecule has 0 heterocycles. The van der Waals surface area contributed by atoms with Crippen LogP contribution in [0, 0.1) is 0 Å². The van der Waals surface area contributed by atoms with Gasteiger partial charge in [-0.2, -0.15) is 0 Å². The summed E-state index contributed by atoms with van der Waals surface area (Å²) in [5.41, 5.74) is 18.5. The Bertz CT molecular complexity index is 620. The molecule has 7 heteroatoms. The number of aliphatic imine (C=N–C) groups is 1. The molecule has 0 unspecified atom stereocenters. The highest BCUT2D eigenvalue weighted by atomic mass is 35.5. The van der Waals surface area contributed by atoms with Gasteiger partial charge in [-0.25, -0.2) is 4.99 Å². The summed E-state index contributed by atoms with van der Waals surface area (Å²) < 4.78 is 0. The van der Waals surface area contributed by atoms with Crippen molar-refractivity contribution in [1.29, 1.82) is 0 Å². The van der Waals surface area contributed by atoms with E-state index in [0.717, 1.165) is 0 Å². The number of carbonyl (C=O) groups excluding carboxylic acids is 1. The highest BCUT2D eigenvalue weighted by molar-refractivity contribution is 6.09. The number of nitrogens with two attached hydrogens (primary N) is 3. The van der Waals surface area contributed by atoms with E-state index in [1.54, 1.807) is 48.5 Å². The summed E-state index contributed by atoms with van der Waals surface area (Å²) in [7, 11) is 0. The van der Waals surface area contributed by atoms with E-state index >= 15 is 0 Å². The molecule has 0 aliphatic carbocycles. The lowest BCUT2D eigenvalue weighted by molar-refractivity contribution is 0.103. The van der Waals surface area contributed by atoms with E-state index in [-0.39, 0.29) is 36.6 Å². The number of benzene rings is 2. The topological polar surface area (TPSA) is 107 Å². The van der Waals surface area contributed by atoms with Gasteiger partial charge in [0.2, 0.25) is 0 Å². The third kappa shape index (κ3) is 4.98. The van der Waals surface area contributed by atoms with Gasteiger partial charge in [0.15, 0.2) is 11.7 Å². The third-order valence-electron chi connectivity index (χ3n) is 2.56. The van der Waals surface area contributed by atoms with Gasteiger partial charge in [0, 0.05) is 16.8 Å². The molecule has 0 aliphatic rings. The van der Waals surface area contributed by atoms with Gasteiger partial charge < -0.3 is 17.2 Å². The Morgan fingerprint density at radius 2 is 1.24 bits per heavy atom. The fourth-order valence-corrected chi connectivity index (χ4v) is 1.64. The van der Waals surface area contributed by atoms with Crippen LogP contribution in [0.3, 0.4) is 0 Å². The van der Waals surface area contributed by atoms with Gasteiger partial charge in [-0.15, -0.1) is 24.8 Å². The zero-order valence-electron chi connectivity index (χ0n) is 11.0. The summed E-state index contributed by atoms with van der Waals surface area (Å²) in [6.45, 7) is 0. The predicted octanol–water partition coefficient (Wildman–Crippen LogP) is 2.25. The minimum absolute atomic E-state index is 0. The molecular weight excluding hydrogens is 311 g/mol. The minimum atomic E-state index is -0.0729. The zero-order chi connectivity index (χ0) is 13.8. The number of carbonyl (C=O) groups is 1. The molecule has 112 valence electrons. The van der Waals surface area contributed by atoms with Crippen molar-refractivity contribution in [3.05, 3.63) is 59.7 Å². The van der Waals surface area contributed by atoms with E-state index in [9.17, 15) is 4.79 Å². The standard InChI is InChI=1S/C14H14N4O.2ClH/c15-11-5-1-9(2-6-11)13(19)10-3-7-12(8-4-10)18-14(16)17;;/h1-8H,15H2,(H4,16,17,18);2*1H. The molecule has 0 bridgehead atoms. The molecule has 0 spiro atoms. The van der Waals surface area contributed by atoms with Crippen LogP contribution in [-0.4, -0.2) is 11.7 Å². The maximum atomic E-state index is 12.2.